The summed E-state index contributed by atoms with van der Waals surface area (Å²) >= 11 is 0. The lowest BCUT2D eigenvalue weighted by Crippen LogP contribution is -2.12. The predicted octanol–water partition coefficient (Wildman–Crippen LogP) is 0.885. The number of anilines is 2. The van der Waals surface area contributed by atoms with Gasteiger partial charge in [0.15, 0.2) is 0 Å². The van der Waals surface area contributed by atoms with Crippen molar-refractivity contribution in [1.82, 2.24) is 15.0 Å². The fourth-order valence-electron chi connectivity index (χ4n) is 1.36. The maximum atomic E-state index is 9.15. The fraction of sp³-hybridized carbons (Fsp3) is 0.727. The van der Waals surface area contributed by atoms with Gasteiger partial charge in [0, 0.05) is 13.1 Å². The second kappa shape index (κ2) is 7.65. The van der Waals surface area contributed by atoms with Gasteiger partial charge < -0.3 is 20.5 Å². The highest BCUT2D eigenvalue weighted by Gasteiger charge is 2.05. The summed E-state index contributed by atoms with van der Waals surface area (Å²) in [6.45, 7) is 5.17. The van der Waals surface area contributed by atoms with Gasteiger partial charge >= 0.3 is 6.01 Å². The molecule has 7 heteroatoms. The highest BCUT2D eigenvalue weighted by molar-refractivity contribution is 5.35. The Kier molecular flexibility index (Phi) is 6.13. The average molecular weight is 255 g/mol. The van der Waals surface area contributed by atoms with Crippen molar-refractivity contribution in [1.29, 1.82) is 0 Å². The number of aliphatic hydroxyl groups is 1. The van der Waals surface area contributed by atoms with Crippen LogP contribution in [-0.2, 0) is 0 Å². The van der Waals surface area contributed by atoms with E-state index in [-0.39, 0.29) is 12.1 Å². The zero-order valence-corrected chi connectivity index (χ0v) is 11.1. The average Bonchev–Trinajstić information content (AvgIpc) is 2.34. The Morgan fingerprint density at radius 2 is 1.89 bits per heavy atom. The first kappa shape index (κ1) is 14.4. The molecule has 1 atom stereocenters. The van der Waals surface area contributed by atoms with Gasteiger partial charge in [-0.1, -0.05) is 0 Å². The number of hydrogen-bond acceptors (Lipinski definition) is 7. The highest BCUT2D eigenvalue weighted by atomic mass is 16.5. The number of rotatable bonds is 8. The van der Waals surface area contributed by atoms with E-state index in [2.05, 4.69) is 25.6 Å². The lowest BCUT2D eigenvalue weighted by atomic mass is 10.2. The van der Waals surface area contributed by atoms with E-state index >= 15 is 0 Å². The van der Waals surface area contributed by atoms with Gasteiger partial charge in [-0.05, 0) is 26.7 Å². The minimum atomic E-state index is -0.281. The number of hydrogen-bond donors (Lipinski definition) is 3. The molecule has 1 aromatic rings. The summed E-state index contributed by atoms with van der Waals surface area (Å²) in [5, 5.41) is 15.2. The quantitative estimate of drug-likeness (QED) is 0.594. The first-order chi connectivity index (χ1) is 8.65. The van der Waals surface area contributed by atoms with Gasteiger partial charge in [-0.15, -0.1) is 0 Å². The normalized spacial score (nSPS) is 12.0. The van der Waals surface area contributed by atoms with Crippen LogP contribution in [0.1, 0.15) is 26.7 Å². The Bertz CT molecular complexity index is 359. The number of methoxy groups -OCH3 is 1. The second-order valence-corrected chi connectivity index (χ2v) is 3.92. The molecule has 0 spiro atoms. The fourth-order valence-corrected chi connectivity index (χ4v) is 1.36. The van der Waals surface area contributed by atoms with Gasteiger partial charge in [-0.25, -0.2) is 0 Å². The van der Waals surface area contributed by atoms with E-state index < -0.39 is 0 Å². The van der Waals surface area contributed by atoms with Crippen molar-refractivity contribution in [2.75, 3.05) is 30.8 Å². The van der Waals surface area contributed by atoms with E-state index in [9.17, 15) is 0 Å². The van der Waals surface area contributed by atoms with Crippen molar-refractivity contribution >= 4 is 11.9 Å². The summed E-state index contributed by atoms with van der Waals surface area (Å²) in [6, 6.07) is 0.277. The van der Waals surface area contributed by atoms with Gasteiger partial charge in [-0.2, -0.15) is 15.0 Å². The molecule has 0 saturated heterocycles. The lowest BCUT2D eigenvalue weighted by molar-refractivity contribution is 0.183. The standard InChI is InChI=1S/C11H21N5O2/c1-4-12-9-14-10(16-11(15-9)18-3)13-7-5-6-8(2)17/h8,17H,4-7H2,1-3H3,(H2,12,13,14,15,16). The van der Waals surface area contributed by atoms with Crippen molar-refractivity contribution in [2.24, 2.45) is 0 Å². The van der Waals surface area contributed by atoms with Crippen molar-refractivity contribution in [3.63, 3.8) is 0 Å². The summed E-state index contributed by atoms with van der Waals surface area (Å²) < 4.78 is 5.00. The Labute approximate surface area is 107 Å². The Morgan fingerprint density at radius 1 is 1.22 bits per heavy atom. The molecule has 0 amide bonds. The largest absolute Gasteiger partial charge is 0.467 e. The molecule has 0 saturated carbocycles. The van der Waals surface area contributed by atoms with Crippen LogP contribution in [0.5, 0.6) is 6.01 Å². The van der Waals surface area contributed by atoms with Crippen LogP contribution in [0.2, 0.25) is 0 Å². The van der Waals surface area contributed by atoms with E-state index in [0.717, 1.165) is 19.4 Å². The van der Waals surface area contributed by atoms with Gasteiger partial charge in [0.1, 0.15) is 0 Å². The van der Waals surface area contributed by atoms with E-state index in [1.807, 2.05) is 6.92 Å². The molecule has 7 nitrogen and oxygen atoms in total. The molecule has 18 heavy (non-hydrogen) atoms. The molecule has 1 aromatic heterocycles. The molecule has 0 fully saturated rings. The van der Waals surface area contributed by atoms with Crippen LogP contribution in [0.4, 0.5) is 11.9 Å². The highest BCUT2D eigenvalue weighted by Crippen LogP contribution is 2.10. The minimum Gasteiger partial charge on any atom is -0.467 e. The Hall–Kier alpha value is -1.63. The van der Waals surface area contributed by atoms with Crippen LogP contribution < -0.4 is 15.4 Å². The summed E-state index contributed by atoms with van der Waals surface area (Å²) in [4.78, 5) is 12.4. The zero-order chi connectivity index (χ0) is 13.4. The van der Waals surface area contributed by atoms with Gasteiger partial charge in [0.25, 0.3) is 0 Å². The maximum Gasteiger partial charge on any atom is 0.322 e. The van der Waals surface area contributed by atoms with Gasteiger partial charge in [0.05, 0.1) is 13.2 Å². The SMILES string of the molecule is CCNc1nc(NCCCC(C)O)nc(OC)n1. The molecular formula is C11H21N5O2. The summed E-state index contributed by atoms with van der Waals surface area (Å²) in [5.41, 5.74) is 0. The van der Waals surface area contributed by atoms with Crippen molar-refractivity contribution in [2.45, 2.75) is 32.8 Å². The van der Waals surface area contributed by atoms with Crippen LogP contribution in [0.15, 0.2) is 0 Å². The number of aromatic nitrogens is 3. The van der Waals surface area contributed by atoms with Gasteiger partial charge in [0.2, 0.25) is 11.9 Å². The molecule has 0 aliphatic carbocycles. The Balaban J connectivity index is 2.55. The lowest BCUT2D eigenvalue weighted by Gasteiger charge is -2.09. The van der Waals surface area contributed by atoms with Crippen LogP contribution in [0.25, 0.3) is 0 Å². The molecule has 3 N–H and O–H groups in total. The van der Waals surface area contributed by atoms with Crippen molar-refractivity contribution in [3.05, 3.63) is 0 Å². The van der Waals surface area contributed by atoms with E-state index in [1.165, 1.54) is 7.11 Å². The smallest absolute Gasteiger partial charge is 0.322 e. The van der Waals surface area contributed by atoms with Crippen molar-refractivity contribution in [3.8, 4) is 6.01 Å². The molecule has 1 unspecified atom stereocenters. The number of aliphatic hydroxyl groups excluding tert-OH is 1. The molecule has 1 heterocycles. The van der Waals surface area contributed by atoms with Crippen LogP contribution >= 0.6 is 0 Å². The van der Waals surface area contributed by atoms with Crippen LogP contribution in [0.3, 0.4) is 0 Å². The van der Waals surface area contributed by atoms with E-state index in [1.54, 1.807) is 6.92 Å². The maximum absolute atomic E-state index is 9.15. The van der Waals surface area contributed by atoms with E-state index in [0.29, 0.717) is 18.4 Å². The summed E-state index contributed by atoms with van der Waals surface area (Å²) in [6.07, 6.45) is 1.31. The summed E-state index contributed by atoms with van der Waals surface area (Å²) in [5.74, 6) is 0.964. The molecule has 1 rings (SSSR count). The Morgan fingerprint density at radius 3 is 2.44 bits per heavy atom. The summed E-state index contributed by atoms with van der Waals surface area (Å²) in [7, 11) is 1.52. The number of nitrogens with zero attached hydrogens (tertiary/aromatic N) is 3. The van der Waals surface area contributed by atoms with Crippen LogP contribution in [0, 0.1) is 0 Å². The second-order valence-electron chi connectivity index (χ2n) is 3.92. The molecule has 0 aliphatic heterocycles. The molecule has 0 aromatic carbocycles. The third kappa shape index (κ3) is 5.13. The number of ether oxygens (including phenoxy) is 1. The predicted molar refractivity (Wildman–Crippen MR) is 69.9 cm³/mol. The first-order valence-electron chi connectivity index (χ1n) is 6.11. The molecular weight excluding hydrogens is 234 g/mol. The van der Waals surface area contributed by atoms with E-state index in [4.69, 9.17) is 9.84 Å². The zero-order valence-electron chi connectivity index (χ0n) is 11.1. The third-order valence-corrected chi connectivity index (χ3v) is 2.21. The molecule has 0 aliphatic rings. The molecule has 0 radical (unpaired) electrons. The number of nitrogens with one attached hydrogen (secondary N) is 2. The first-order valence-corrected chi connectivity index (χ1v) is 6.11. The molecule has 102 valence electrons. The monoisotopic (exact) mass is 255 g/mol. The van der Waals surface area contributed by atoms with Crippen LogP contribution in [-0.4, -0.2) is 46.4 Å². The van der Waals surface area contributed by atoms with Gasteiger partial charge in [-0.3, -0.25) is 0 Å². The minimum absolute atomic E-state index is 0.277. The topological polar surface area (TPSA) is 92.2 Å². The van der Waals surface area contributed by atoms with Crippen molar-refractivity contribution < 1.29 is 9.84 Å². The molecule has 0 bridgehead atoms. The third-order valence-electron chi connectivity index (χ3n) is 2.21.